The Balaban J connectivity index is 1.72. The second-order valence-corrected chi connectivity index (χ2v) is 6.75. The van der Waals surface area contributed by atoms with Crippen molar-refractivity contribution in [3.8, 4) is 11.5 Å². The fourth-order valence-electron chi connectivity index (χ4n) is 3.35. The molecule has 0 atom stereocenters. The molecular weight excluding hydrogens is 392 g/mol. The van der Waals surface area contributed by atoms with Crippen LogP contribution in [0.2, 0.25) is 5.02 Å². The summed E-state index contributed by atoms with van der Waals surface area (Å²) < 4.78 is 10.8. The third-order valence-electron chi connectivity index (χ3n) is 4.61. The number of hydrazone groups is 1. The van der Waals surface area contributed by atoms with Crippen molar-refractivity contribution < 1.29 is 19.1 Å². The van der Waals surface area contributed by atoms with E-state index < -0.39 is 11.8 Å². The predicted molar refractivity (Wildman–Crippen MR) is 111 cm³/mol. The minimum atomic E-state index is -0.473. The maximum absolute atomic E-state index is 12.9. The predicted octanol–water partition coefficient (Wildman–Crippen LogP) is 4.53. The van der Waals surface area contributed by atoms with E-state index in [-0.39, 0.29) is 0 Å². The topological polar surface area (TPSA) is 68.2 Å². The van der Waals surface area contributed by atoms with Crippen LogP contribution in [0.1, 0.15) is 33.2 Å². The fraction of sp³-hybridized carbons (Fsp3) is 0.136. The molecule has 1 aliphatic heterocycles. The first-order valence-corrected chi connectivity index (χ1v) is 9.37. The quantitative estimate of drug-likeness (QED) is 0.459. The highest BCUT2D eigenvalue weighted by molar-refractivity contribution is 6.32. The Hall–Kier alpha value is -3.38. The van der Waals surface area contributed by atoms with E-state index >= 15 is 0 Å². The molecular formula is C22H17ClN2O4. The molecule has 0 saturated heterocycles. The molecule has 146 valence electrons. The van der Waals surface area contributed by atoms with Crippen LogP contribution in [-0.4, -0.2) is 36.8 Å². The molecule has 0 aromatic heterocycles. The van der Waals surface area contributed by atoms with Crippen LogP contribution in [0.3, 0.4) is 0 Å². The van der Waals surface area contributed by atoms with E-state index in [1.165, 1.54) is 13.3 Å². The van der Waals surface area contributed by atoms with Crippen molar-refractivity contribution in [2.75, 3.05) is 13.7 Å². The number of nitrogens with zero attached hydrogens (tertiary/aromatic N) is 2. The number of ether oxygens (including phenoxy) is 2. The van der Waals surface area contributed by atoms with Gasteiger partial charge in [0.25, 0.3) is 11.8 Å². The summed E-state index contributed by atoms with van der Waals surface area (Å²) >= 11 is 6.28. The zero-order valence-corrected chi connectivity index (χ0v) is 16.6. The lowest BCUT2D eigenvalue weighted by atomic mass is 9.95. The van der Waals surface area contributed by atoms with Gasteiger partial charge in [0, 0.05) is 5.39 Å². The Kier molecular flexibility index (Phi) is 4.94. The number of methoxy groups -OCH3 is 1. The molecule has 0 saturated carbocycles. The molecule has 0 N–H and O–H groups in total. The number of benzene rings is 3. The van der Waals surface area contributed by atoms with E-state index in [4.69, 9.17) is 21.1 Å². The number of halogens is 1. The largest absolute Gasteiger partial charge is 0.493 e. The van der Waals surface area contributed by atoms with Gasteiger partial charge in [-0.25, -0.2) is 0 Å². The van der Waals surface area contributed by atoms with Crippen molar-refractivity contribution in [3.63, 3.8) is 0 Å². The van der Waals surface area contributed by atoms with Crippen molar-refractivity contribution >= 4 is 40.4 Å². The summed E-state index contributed by atoms with van der Waals surface area (Å²) in [4.78, 5) is 25.8. The highest BCUT2D eigenvalue weighted by Gasteiger charge is 2.32. The van der Waals surface area contributed by atoms with Gasteiger partial charge in [-0.2, -0.15) is 10.1 Å². The van der Waals surface area contributed by atoms with Crippen LogP contribution in [0, 0.1) is 0 Å². The Bertz CT molecular complexity index is 1120. The van der Waals surface area contributed by atoms with Gasteiger partial charge in [-0.3, -0.25) is 9.59 Å². The minimum Gasteiger partial charge on any atom is -0.493 e. The van der Waals surface area contributed by atoms with E-state index in [1.807, 2.05) is 19.1 Å². The van der Waals surface area contributed by atoms with Gasteiger partial charge in [-0.15, -0.1) is 0 Å². The van der Waals surface area contributed by atoms with Crippen LogP contribution in [-0.2, 0) is 0 Å². The van der Waals surface area contributed by atoms with Gasteiger partial charge in [-0.05, 0) is 42.1 Å². The van der Waals surface area contributed by atoms with Gasteiger partial charge in [0.2, 0.25) is 0 Å². The lowest BCUT2D eigenvalue weighted by Crippen LogP contribution is -2.36. The van der Waals surface area contributed by atoms with Crippen LogP contribution in [0.4, 0.5) is 0 Å². The average Bonchev–Trinajstić information content (AvgIpc) is 2.73. The van der Waals surface area contributed by atoms with Crippen molar-refractivity contribution in [1.82, 2.24) is 5.01 Å². The SMILES string of the molecule is CCOc1c(Cl)cc(/C=N\N2C(=O)c3cccc4cccc(c34)C2=O)cc1OC. The Morgan fingerprint density at radius 1 is 1.07 bits per heavy atom. The van der Waals surface area contributed by atoms with Crippen LogP contribution in [0.25, 0.3) is 10.8 Å². The molecule has 0 unspecified atom stereocenters. The molecule has 7 heteroatoms. The van der Waals surface area contributed by atoms with Gasteiger partial charge >= 0.3 is 0 Å². The number of carbonyl (C=O) groups excluding carboxylic acids is 2. The smallest absolute Gasteiger partial charge is 0.282 e. The van der Waals surface area contributed by atoms with E-state index in [2.05, 4.69) is 5.10 Å². The molecule has 0 spiro atoms. The normalized spacial score (nSPS) is 13.4. The monoisotopic (exact) mass is 408 g/mol. The van der Waals surface area contributed by atoms with E-state index in [0.717, 1.165) is 10.4 Å². The molecule has 3 aromatic carbocycles. The maximum atomic E-state index is 12.9. The number of amides is 2. The molecule has 4 rings (SSSR count). The summed E-state index contributed by atoms with van der Waals surface area (Å²) in [5, 5.41) is 6.86. The molecule has 6 nitrogen and oxygen atoms in total. The Morgan fingerprint density at radius 2 is 1.72 bits per heavy atom. The molecule has 1 heterocycles. The summed E-state index contributed by atoms with van der Waals surface area (Å²) in [7, 11) is 1.50. The number of hydrogen-bond acceptors (Lipinski definition) is 5. The second kappa shape index (κ2) is 7.56. The van der Waals surface area contributed by atoms with E-state index in [9.17, 15) is 9.59 Å². The third-order valence-corrected chi connectivity index (χ3v) is 4.89. The number of imide groups is 1. The maximum Gasteiger partial charge on any atom is 0.282 e. The molecule has 1 aliphatic rings. The van der Waals surface area contributed by atoms with E-state index in [0.29, 0.717) is 45.2 Å². The average molecular weight is 409 g/mol. The third kappa shape index (κ3) is 3.21. The molecule has 0 fully saturated rings. The summed E-state index contributed by atoms with van der Waals surface area (Å²) in [6.07, 6.45) is 1.40. The minimum absolute atomic E-state index is 0.346. The first-order chi connectivity index (χ1) is 14.0. The standard InChI is InChI=1S/C22H17ClN2O4/c1-3-29-20-17(23)10-13(11-18(20)28-2)12-24-25-21(26)15-8-4-6-14-7-5-9-16(19(14)15)22(25)27/h4-12H,3H2,1-2H3/b24-12-. The molecule has 3 aromatic rings. The zero-order chi connectivity index (χ0) is 20.5. The molecule has 0 aliphatic carbocycles. The molecule has 2 amide bonds. The number of carbonyl (C=O) groups is 2. The van der Waals surface area contributed by atoms with Crippen LogP contribution < -0.4 is 9.47 Å². The fourth-order valence-corrected chi connectivity index (χ4v) is 3.62. The van der Waals surface area contributed by atoms with Crippen molar-refractivity contribution in [3.05, 3.63) is 70.2 Å². The molecule has 0 bridgehead atoms. The Labute approximate surface area is 172 Å². The van der Waals surface area contributed by atoms with Crippen LogP contribution >= 0.6 is 11.6 Å². The second-order valence-electron chi connectivity index (χ2n) is 6.34. The van der Waals surface area contributed by atoms with Crippen molar-refractivity contribution in [1.29, 1.82) is 0 Å². The summed E-state index contributed by atoms with van der Waals surface area (Å²) in [6.45, 7) is 2.28. The Morgan fingerprint density at radius 3 is 2.31 bits per heavy atom. The molecule has 0 radical (unpaired) electrons. The van der Waals surface area contributed by atoms with Gasteiger partial charge in [0.05, 0.1) is 36.1 Å². The van der Waals surface area contributed by atoms with Gasteiger partial charge in [0.1, 0.15) is 0 Å². The van der Waals surface area contributed by atoms with Crippen molar-refractivity contribution in [2.45, 2.75) is 6.92 Å². The zero-order valence-electron chi connectivity index (χ0n) is 15.8. The van der Waals surface area contributed by atoms with E-state index in [1.54, 1.807) is 36.4 Å². The summed E-state index contributed by atoms with van der Waals surface area (Å²) in [5.41, 5.74) is 1.45. The summed E-state index contributed by atoms with van der Waals surface area (Å²) in [5.74, 6) is -0.0779. The number of hydrogen-bond donors (Lipinski definition) is 0. The highest BCUT2D eigenvalue weighted by Crippen LogP contribution is 2.36. The summed E-state index contributed by atoms with van der Waals surface area (Å²) in [6, 6.07) is 14.0. The lowest BCUT2D eigenvalue weighted by Gasteiger charge is -2.23. The van der Waals surface area contributed by atoms with Gasteiger partial charge in [0.15, 0.2) is 11.5 Å². The lowest BCUT2D eigenvalue weighted by molar-refractivity contribution is 0.0616. The van der Waals surface area contributed by atoms with Crippen LogP contribution in [0.15, 0.2) is 53.6 Å². The van der Waals surface area contributed by atoms with Crippen molar-refractivity contribution in [2.24, 2.45) is 5.10 Å². The molecule has 29 heavy (non-hydrogen) atoms. The van der Waals surface area contributed by atoms with Gasteiger partial charge in [-0.1, -0.05) is 35.9 Å². The highest BCUT2D eigenvalue weighted by atomic mass is 35.5. The van der Waals surface area contributed by atoms with Crippen LogP contribution in [0.5, 0.6) is 11.5 Å². The first kappa shape index (κ1) is 19.0. The first-order valence-electron chi connectivity index (χ1n) is 9.00. The number of rotatable bonds is 5. The van der Waals surface area contributed by atoms with Gasteiger partial charge < -0.3 is 9.47 Å².